The van der Waals surface area contributed by atoms with E-state index in [9.17, 15) is 20.0 Å². The largest absolute Gasteiger partial charge is 0.497 e. The summed E-state index contributed by atoms with van der Waals surface area (Å²) in [6, 6.07) is 27.8. The van der Waals surface area contributed by atoms with Gasteiger partial charge in [-0.15, -0.1) is 0 Å². The molecule has 0 amide bonds. The molecular weight excluding hydrogens is 727 g/mol. The van der Waals surface area contributed by atoms with Crippen LogP contribution in [-0.2, 0) is 28.9 Å². The van der Waals surface area contributed by atoms with Crippen LogP contribution in [0.3, 0.4) is 0 Å². The van der Waals surface area contributed by atoms with Gasteiger partial charge in [-0.25, -0.2) is 9.46 Å². The lowest BCUT2D eigenvalue weighted by Gasteiger charge is -2.40. The molecule has 1 aromatic heterocycles. The second kappa shape index (κ2) is 18.5. The summed E-state index contributed by atoms with van der Waals surface area (Å²) >= 11 is 0. The zero-order valence-corrected chi connectivity index (χ0v) is 33.0. The molecule has 294 valence electrons. The van der Waals surface area contributed by atoms with Crippen molar-refractivity contribution in [2.24, 2.45) is 0 Å². The van der Waals surface area contributed by atoms with Crippen LogP contribution in [0.1, 0.15) is 57.0 Å². The maximum absolute atomic E-state index is 13.2. The van der Waals surface area contributed by atoms with Gasteiger partial charge in [0.25, 0.3) is 14.1 Å². The number of ether oxygens (including phenoxy) is 5. The fourth-order valence-electron chi connectivity index (χ4n) is 6.78. The van der Waals surface area contributed by atoms with Crippen molar-refractivity contribution in [2.45, 2.75) is 76.0 Å². The molecule has 0 radical (unpaired) electrons. The Morgan fingerprint density at radius 3 is 1.96 bits per heavy atom. The van der Waals surface area contributed by atoms with Crippen molar-refractivity contribution in [3.63, 3.8) is 0 Å². The Morgan fingerprint density at radius 1 is 0.909 bits per heavy atom. The molecule has 1 saturated heterocycles. The van der Waals surface area contributed by atoms with Crippen molar-refractivity contribution < 1.29 is 37.8 Å². The van der Waals surface area contributed by atoms with Crippen molar-refractivity contribution in [2.75, 3.05) is 34.5 Å². The molecule has 2 heterocycles. The molecule has 0 saturated carbocycles. The maximum Gasteiger partial charge on any atom is 0.330 e. The van der Waals surface area contributed by atoms with Crippen LogP contribution >= 0.6 is 8.53 Å². The first-order chi connectivity index (χ1) is 26.4. The molecule has 1 aliphatic rings. The molecule has 1 unspecified atom stereocenters. The highest BCUT2D eigenvalue weighted by molar-refractivity contribution is 7.44. The average Bonchev–Trinajstić information content (AvgIpc) is 3.46. The summed E-state index contributed by atoms with van der Waals surface area (Å²) in [6.07, 6.45) is -2.63. The van der Waals surface area contributed by atoms with Gasteiger partial charge >= 0.3 is 5.69 Å². The van der Waals surface area contributed by atoms with E-state index in [0.717, 1.165) is 27.3 Å². The van der Waals surface area contributed by atoms with Gasteiger partial charge in [0.2, 0.25) is 5.79 Å². The smallest absolute Gasteiger partial charge is 0.330 e. The minimum atomic E-state index is -2.31. The molecule has 5 atom stereocenters. The Bertz CT molecular complexity index is 1930. The van der Waals surface area contributed by atoms with Crippen LogP contribution in [0.4, 0.5) is 0 Å². The van der Waals surface area contributed by atoms with Gasteiger partial charge < -0.3 is 37.8 Å². The fourth-order valence-corrected chi connectivity index (χ4v) is 8.56. The Kier molecular flexibility index (Phi) is 14.0. The Morgan fingerprint density at radius 2 is 1.47 bits per heavy atom. The molecule has 3 aromatic carbocycles. The number of hydrogen-bond donors (Lipinski definition) is 2. The summed E-state index contributed by atoms with van der Waals surface area (Å²) in [5, 5.41) is 21.8. The highest BCUT2D eigenvalue weighted by atomic mass is 31.2. The van der Waals surface area contributed by atoms with E-state index >= 15 is 0 Å². The van der Waals surface area contributed by atoms with Gasteiger partial charge in [-0.05, 0) is 68.7 Å². The van der Waals surface area contributed by atoms with E-state index in [1.807, 2.05) is 111 Å². The number of aliphatic hydroxyl groups is 1. The van der Waals surface area contributed by atoms with E-state index in [0.29, 0.717) is 11.5 Å². The molecule has 55 heavy (non-hydrogen) atoms. The third-order valence-corrected chi connectivity index (χ3v) is 11.4. The van der Waals surface area contributed by atoms with Gasteiger partial charge in [-0.1, -0.05) is 54.6 Å². The second-order valence-corrected chi connectivity index (χ2v) is 14.8. The van der Waals surface area contributed by atoms with Gasteiger partial charge in [-0.2, -0.15) is 5.26 Å². The third kappa shape index (κ3) is 8.86. The minimum Gasteiger partial charge on any atom is -0.497 e. The van der Waals surface area contributed by atoms with Crippen molar-refractivity contribution in [1.82, 2.24) is 14.2 Å². The Hall–Kier alpha value is -4.42. The van der Waals surface area contributed by atoms with Crippen molar-refractivity contribution in [3.8, 4) is 17.6 Å². The van der Waals surface area contributed by atoms with E-state index in [-0.39, 0.29) is 31.7 Å². The maximum atomic E-state index is 13.2. The summed E-state index contributed by atoms with van der Waals surface area (Å²) in [5.74, 6) is -1.01. The van der Waals surface area contributed by atoms with E-state index in [1.54, 1.807) is 14.2 Å². The lowest BCUT2D eigenvalue weighted by molar-refractivity contribution is -0.262. The molecule has 4 aromatic rings. The number of H-pyrrole nitrogens is 1. The van der Waals surface area contributed by atoms with Gasteiger partial charge in [0.1, 0.15) is 23.2 Å². The highest BCUT2D eigenvalue weighted by Crippen LogP contribution is 2.53. The summed E-state index contributed by atoms with van der Waals surface area (Å²) < 4.78 is 46.6. The summed E-state index contributed by atoms with van der Waals surface area (Å²) in [5.41, 5.74) is -0.446. The summed E-state index contributed by atoms with van der Waals surface area (Å²) in [7, 11) is 2.50. The third-order valence-electron chi connectivity index (χ3n) is 9.34. The van der Waals surface area contributed by atoms with Crippen LogP contribution in [0.25, 0.3) is 0 Å². The minimum absolute atomic E-state index is 0.0627. The molecule has 14 nitrogen and oxygen atoms in total. The van der Waals surface area contributed by atoms with Crippen LogP contribution in [0.2, 0.25) is 0 Å². The lowest BCUT2D eigenvalue weighted by atomic mass is 9.80. The predicted molar refractivity (Wildman–Crippen MR) is 206 cm³/mol. The first-order valence-electron chi connectivity index (χ1n) is 17.9. The molecule has 5 rings (SSSR count). The van der Waals surface area contributed by atoms with E-state index in [1.165, 1.54) is 13.3 Å². The van der Waals surface area contributed by atoms with Crippen LogP contribution in [0.15, 0.2) is 101 Å². The van der Waals surface area contributed by atoms with Crippen LogP contribution in [0.5, 0.6) is 11.5 Å². The second-order valence-electron chi connectivity index (χ2n) is 13.4. The Balaban J connectivity index is 1.68. The molecule has 0 spiro atoms. The van der Waals surface area contributed by atoms with E-state index in [2.05, 4.69) is 11.1 Å². The van der Waals surface area contributed by atoms with Crippen LogP contribution in [0, 0.1) is 11.3 Å². The first-order valence-corrected chi connectivity index (χ1v) is 19.0. The normalized spacial score (nSPS) is 20.5. The van der Waals surface area contributed by atoms with Crippen LogP contribution < -0.4 is 20.7 Å². The highest BCUT2D eigenvalue weighted by Gasteiger charge is 2.61. The SMILES string of the molecule is COc1ccc(C(OC[C@H]2O[C@@H](n3ccc(=O)[nH]c3=O)[C@@](O)(OC)[C@@H]2OP(OCCC#N)N(C(C)C)C(C)C)(c2ccccc2)c2ccc(OC)cc2)cc1. The van der Waals surface area contributed by atoms with Crippen molar-refractivity contribution in [1.29, 1.82) is 5.26 Å². The monoisotopic (exact) mass is 776 g/mol. The first kappa shape index (κ1) is 41.7. The number of hydrogen-bond acceptors (Lipinski definition) is 12. The molecular formula is C40H49N4O10P. The quantitative estimate of drug-likeness (QED) is 0.0569. The number of nitrogens with zero attached hydrogens (tertiary/aromatic N) is 3. The lowest BCUT2D eigenvalue weighted by Crippen LogP contribution is -2.52. The summed E-state index contributed by atoms with van der Waals surface area (Å²) in [4.78, 5) is 27.5. The zero-order valence-electron chi connectivity index (χ0n) is 32.1. The number of benzene rings is 3. The Labute approximate surface area is 322 Å². The topological polar surface area (TPSA) is 167 Å². The summed E-state index contributed by atoms with van der Waals surface area (Å²) in [6.45, 7) is 7.79. The van der Waals surface area contributed by atoms with E-state index < -0.39 is 49.6 Å². The molecule has 0 bridgehead atoms. The van der Waals surface area contributed by atoms with Crippen molar-refractivity contribution in [3.05, 3.63) is 129 Å². The van der Waals surface area contributed by atoms with Gasteiger partial charge in [0, 0.05) is 31.5 Å². The molecule has 15 heteroatoms. The average molecular weight is 777 g/mol. The van der Waals surface area contributed by atoms with Gasteiger partial charge in [0.05, 0.1) is 39.9 Å². The molecule has 1 fully saturated rings. The van der Waals surface area contributed by atoms with Gasteiger partial charge in [-0.3, -0.25) is 14.3 Å². The number of aromatic nitrogens is 2. The number of rotatable bonds is 18. The van der Waals surface area contributed by atoms with Crippen molar-refractivity contribution >= 4 is 8.53 Å². The van der Waals surface area contributed by atoms with Gasteiger partial charge in [0.15, 0.2) is 12.3 Å². The number of nitrogens with one attached hydrogen (secondary N) is 1. The standard InChI is InChI=1S/C40H49N4O10P/c1-27(2)44(28(3)4)55(52-25-11-23-41)54-36-34(53-37(40(36,47)50-7)43-24-22-35(45)42-38(43)46)26-51-39(29-12-9-8-10-13-29,30-14-18-32(48-5)19-15-30)31-16-20-33(49-6)21-17-31/h8-10,12-22,24,27-28,34,36-37,47H,11,25-26H2,1-7H3,(H,42,45,46)/t34-,36-,37-,40+,55?/m1/s1. The molecule has 0 aliphatic carbocycles. The zero-order chi connectivity index (χ0) is 39.8. The number of aromatic amines is 1. The molecule has 1 aliphatic heterocycles. The number of nitriles is 1. The fraction of sp³-hybridized carbons (Fsp3) is 0.425. The number of methoxy groups -OCH3 is 3. The van der Waals surface area contributed by atoms with E-state index in [4.69, 9.17) is 32.7 Å². The predicted octanol–water partition coefficient (Wildman–Crippen LogP) is 5.46. The molecule has 2 N–H and O–H groups in total. The van der Waals surface area contributed by atoms with Crippen LogP contribution in [-0.4, -0.2) is 83.9 Å².